The summed E-state index contributed by atoms with van der Waals surface area (Å²) in [6, 6.07) is -0.442. The molecule has 1 rings (SSSR count). The van der Waals surface area contributed by atoms with E-state index in [-0.39, 0.29) is 28.6 Å². The van der Waals surface area contributed by atoms with Crippen LogP contribution in [0.15, 0.2) is 40.5 Å². The van der Waals surface area contributed by atoms with E-state index in [4.69, 9.17) is 10.2 Å². The summed E-state index contributed by atoms with van der Waals surface area (Å²) in [6.45, 7) is -3.46. The van der Waals surface area contributed by atoms with Gasteiger partial charge in [-0.05, 0) is 24.3 Å². The van der Waals surface area contributed by atoms with Crippen molar-refractivity contribution in [1.82, 2.24) is 4.31 Å². The van der Waals surface area contributed by atoms with Crippen LogP contribution < -0.4 is 4.74 Å². The molecule has 268 valence electrons. The number of nitrogens with zero attached hydrogens (tertiary/aromatic N) is 1. The second kappa shape index (κ2) is 12.7. The Hall–Kier alpha value is -2.74. The Bertz CT molecular complexity index is 1310. The van der Waals surface area contributed by atoms with E-state index in [2.05, 4.69) is 4.74 Å². The first-order valence-corrected chi connectivity index (χ1v) is 12.5. The molecule has 0 bridgehead atoms. The maximum atomic E-state index is 14.3. The standard InChI is InChI=1S/C20H14F19NO5S/c21-14(22,23)11(13(18(31,32)33,16(27,28)19(34,35)36)17(29,30)20(37,38)39)12(15(24,25)26)45-9-1-3-10(4-2-9)46(43,44)40(5-7-41)6-8-42/h1-4,41-42H,5-8H2/b12-11-. The van der Waals surface area contributed by atoms with Crippen LogP contribution in [-0.4, -0.2) is 92.0 Å². The van der Waals surface area contributed by atoms with E-state index in [9.17, 15) is 91.8 Å². The Kier molecular flexibility index (Phi) is 11.4. The second-order valence-corrected chi connectivity index (χ2v) is 10.5. The zero-order chi connectivity index (χ0) is 36.8. The normalized spacial score (nSPS) is 15.7. The molecule has 0 spiro atoms. The summed E-state index contributed by atoms with van der Waals surface area (Å²) in [6.07, 6.45) is -41.6. The van der Waals surface area contributed by atoms with Crippen LogP contribution in [0.25, 0.3) is 0 Å². The maximum absolute atomic E-state index is 14.3. The van der Waals surface area contributed by atoms with Gasteiger partial charge in [-0.15, -0.1) is 0 Å². The van der Waals surface area contributed by atoms with Crippen molar-refractivity contribution in [1.29, 1.82) is 0 Å². The maximum Gasteiger partial charge on any atom is 0.454 e. The van der Waals surface area contributed by atoms with Crippen LogP contribution in [0.2, 0.25) is 0 Å². The predicted octanol–water partition coefficient (Wildman–Crippen LogP) is 6.36. The summed E-state index contributed by atoms with van der Waals surface area (Å²) in [4.78, 5) is -1.13. The van der Waals surface area contributed by atoms with E-state index in [0.717, 1.165) is 0 Å². The zero-order valence-electron chi connectivity index (χ0n) is 21.3. The Morgan fingerprint density at radius 2 is 0.978 bits per heavy atom. The van der Waals surface area contributed by atoms with Crippen LogP contribution in [0.4, 0.5) is 83.4 Å². The van der Waals surface area contributed by atoms with Gasteiger partial charge in [-0.1, -0.05) is 0 Å². The summed E-state index contributed by atoms with van der Waals surface area (Å²) in [5.41, 5.74) is -15.1. The van der Waals surface area contributed by atoms with Crippen molar-refractivity contribution < 1.29 is 107 Å². The fourth-order valence-corrected chi connectivity index (χ4v) is 5.14. The Morgan fingerprint density at radius 3 is 1.24 bits per heavy atom. The molecule has 0 fully saturated rings. The molecule has 0 aliphatic heterocycles. The van der Waals surface area contributed by atoms with Crippen LogP contribution >= 0.6 is 0 Å². The van der Waals surface area contributed by atoms with Crippen molar-refractivity contribution in [3.63, 3.8) is 0 Å². The molecule has 0 heterocycles. The number of ether oxygens (including phenoxy) is 1. The third kappa shape index (κ3) is 7.22. The highest BCUT2D eigenvalue weighted by atomic mass is 32.2. The van der Waals surface area contributed by atoms with E-state index < -0.39 is 106 Å². The van der Waals surface area contributed by atoms with Crippen LogP contribution in [-0.2, 0) is 10.0 Å². The van der Waals surface area contributed by atoms with Gasteiger partial charge >= 0.3 is 42.7 Å². The van der Waals surface area contributed by atoms with E-state index >= 15 is 0 Å². The number of sulfonamides is 1. The Morgan fingerprint density at radius 1 is 0.609 bits per heavy atom. The van der Waals surface area contributed by atoms with Crippen molar-refractivity contribution in [2.75, 3.05) is 26.3 Å². The average Bonchev–Trinajstić information content (AvgIpc) is 2.82. The van der Waals surface area contributed by atoms with E-state index in [0.29, 0.717) is 0 Å². The van der Waals surface area contributed by atoms with Crippen LogP contribution in [0.5, 0.6) is 5.75 Å². The van der Waals surface area contributed by atoms with Gasteiger partial charge in [-0.2, -0.15) is 87.7 Å². The van der Waals surface area contributed by atoms with Crippen molar-refractivity contribution in [3.8, 4) is 5.75 Å². The largest absolute Gasteiger partial charge is 0.454 e. The summed E-state index contributed by atoms with van der Waals surface area (Å²) >= 11 is 0. The molecular weight excluding hydrogens is 727 g/mol. The Labute approximate surface area is 242 Å². The first-order valence-electron chi connectivity index (χ1n) is 11.1. The number of aliphatic hydroxyl groups is 2. The first kappa shape index (κ1) is 41.3. The average molecular weight is 741 g/mol. The lowest BCUT2D eigenvalue weighted by atomic mass is 9.66. The van der Waals surface area contributed by atoms with Crippen molar-refractivity contribution in [3.05, 3.63) is 35.6 Å². The van der Waals surface area contributed by atoms with E-state index in [1.54, 1.807) is 0 Å². The lowest BCUT2D eigenvalue weighted by Gasteiger charge is -2.48. The molecule has 0 saturated carbocycles. The fraction of sp³-hybridized carbons (Fsp3) is 0.600. The molecule has 0 amide bonds. The third-order valence-electron chi connectivity index (χ3n) is 5.60. The van der Waals surface area contributed by atoms with Crippen molar-refractivity contribution >= 4 is 10.0 Å². The quantitative estimate of drug-likeness (QED) is 0.204. The van der Waals surface area contributed by atoms with Gasteiger partial charge in [0.25, 0.3) is 0 Å². The molecule has 2 N–H and O–H groups in total. The summed E-state index contributed by atoms with van der Waals surface area (Å²) in [7, 11) is -4.91. The molecule has 0 radical (unpaired) electrons. The summed E-state index contributed by atoms with van der Waals surface area (Å²) in [5.74, 6) is -25.1. The van der Waals surface area contributed by atoms with E-state index in [1.807, 2.05) is 0 Å². The molecule has 0 atom stereocenters. The molecular formula is C20H14F19NO5S. The fourth-order valence-electron chi connectivity index (χ4n) is 3.72. The van der Waals surface area contributed by atoms with E-state index in [1.165, 1.54) is 0 Å². The predicted molar refractivity (Wildman–Crippen MR) is 110 cm³/mol. The van der Waals surface area contributed by atoms with Gasteiger partial charge in [0.2, 0.25) is 21.2 Å². The topological polar surface area (TPSA) is 87.1 Å². The first-order chi connectivity index (χ1) is 20.2. The van der Waals surface area contributed by atoms with Gasteiger partial charge in [-0.3, -0.25) is 0 Å². The molecule has 0 saturated heterocycles. The minimum absolute atomic E-state index is 0.0271. The van der Waals surface area contributed by atoms with Crippen LogP contribution in [0, 0.1) is 5.41 Å². The number of benzene rings is 1. The smallest absolute Gasteiger partial charge is 0.452 e. The monoisotopic (exact) mass is 741 g/mol. The van der Waals surface area contributed by atoms with Crippen molar-refractivity contribution in [2.45, 2.75) is 47.6 Å². The lowest BCUT2D eigenvalue weighted by Crippen LogP contribution is -2.73. The van der Waals surface area contributed by atoms with Gasteiger partial charge in [0, 0.05) is 13.1 Å². The zero-order valence-corrected chi connectivity index (χ0v) is 22.1. The number of hydrogen-bond acceptors (Lipinski definition) is 5. The van der Waals surface area contributed by atoms with Crippen LogP contribution in [0.1, 0.15) is 0 Å². The van der Waals surface area contributed by atoms with Gasteiger partial charge in [-0.25, -0.2) is 8.42 Å². The lowest BCUT2D eigenvalue weighted by molar-refractivity contribution is -0.457. The summed E-state index contributed by atoms with van der Waals surface area (Å²) < 4.78 is 289. The highest BCUT2D eigenvalue weighted by molar-refractivity contribution is 7.89. The van der Waals surface area contributed by atoms with Gasteiger partial charge in [0.1, 0.15) is 11.3 Å². The van der Waals surface area contributed by atoms with Crippen molar-refractivity contribution in [2.24, 2.45) is 5.41 Å². The number of hydrogen-bond donors (Lipinski definition) is 2. The molecule has 0 aliphatic carbocycles. The molecule has 0 aliphatic rings. The highest BCUT2D eigenvalue weighted by Crippen LogP contribution is 2.72. The molecule has 1 aromatic rings. The second-order valence-electron chi connectivity index (χ2n) is 8.52. The number of alkyl halides is 19. The minimum Gasteiger partial charge on any atom is -0.452 e. The molecule has 26 heteroatoms. The molecule has 0 unspecified atom stereocenters. The Balaban J connectivity index is 4.46. The number of rotatable bonds is 11. The van der Waals surface area contributed by atoms with Gasteiger partial charge in [0.15, 0.2) is 0 Å². The summed E-state index contributed by atoms with van der Waals surface area (Å²) in [5, 5.41) is 17.8. The number of aliphatic hydroxyl groups excluding tert-OH is 2. The molecule has 1 aromatic carbocycles. The SMILES string of the molecule is O=S(=O)(c1ccc(O/C(=C(\C(F)(F)F)C(C(F)(F)F)(C(F)(F)C(F)(F)F)C(F)(F)C(F)(F)F)C(F)(F)F)cc1)N(CCO)CCO. The molecule has 0 aromatic heterocycles. The van der Waals surface area contributed by atoms with Crippen LogP contribution in [0.3, 0.4) is 0 Å². The van der Waals surface area contributed by atoms with Gasteiger partial charge < -0.3 is 14.9 Å². The molecule has 46 heavy (non-hydrogen) atoms. The highest BCUT2D eigenvalue weighted by Gasteiger charge is 2.96. The van der Waals surface area contributed by atoms with Gasteiger partial charge in [0.05, 0.1) is 18.1 Å². The number of allylic oxidation sites excluding steroid dienone is 2. The molecule has 6 nitrogen and oxygen atoms in total. The third-order valence-corrected chi connectivity index (χ3v) is 7.52. The number of halogens is 19. The minimum atomic E-state index is -9.18.